The van der Waals surface area contributed by atoms with Crippen molar-refractivity contribution in [2.24, 2.45) is 0 Å². The van der Waals surface area contributed by atoms with Crippen LogP contribution in [-0.4, -0.2) is 53.5 Å². The van der Waals surface area contributed by atoms with E-state index in [0.717, 1.165) is 16.7 Å². The number of aldehydes is 1. The van der Waals surface area contributed by atoms with Crippen molar-refractivity contribution < 1.29 is 24.0 Å². The molecule has 0 aliphatic carbocycles. The summed E-state index contributed by atoms with van der Waals surface area (Å²) in [7, 11) is 1.74. The van der Waals surface area contributed by atoms with Gasteiger partial charge in [-0.3, -0.25) is 14.9 Å². The number of carbonyl (C=O) groups is 3. The molecule has 7 nitrogen and oxygen atoms in total. The Hall–Kier alpha value is -4.04. The lowest BCUT2D eigenvalue weighted by molar-refractivity contribution is -0.115. The van der Waals surface area contributed by atoms with E-state index in [9.17, 15) is 24.0 Å². The molecule has 1 aliphatic rings. The van der Waals surface area contributed by atoms with Gasteiger partial charge in [-0.1, -0.05) is 24.3 Å². The minimum atomic E-state index is -0.809. The zero-order valence-corrected chi connectivity index (χ0v) is 17.9. The Labute approximate surface area is 190 Å². The Morgan fingerprint density at radius 3 is 2.27 bits per heavy atom. The zero-order valence-electron chi connectivity index (χ0n) is 17.9. The van der Waals surface area contributed by atoms with Crippen molar-refractivity contribution in [1.29, 1.82) is 0 Å². The number of likely N-dealkylation sites (N-methyl/N-ethyl adjacent to an activating group) is 1. The zero-order chi connectivity index (χ0) is 23.5. The quantitative estimate of drug-likeness (QED) is 0.360. The summed E-state index contributed by atoms with van der Waals surface area (Å²) in [5, 5.41) is 10.4. The Balaban J connectivity index is 1.73. The number of amides is 3. The molecule has 0 aromatic heterocycles. The number of carbonyl (C=O) groups excluding carboxylic acids is 3. The van der Waals surface area contributed by atoms with E-state index >= 15 is 0 Å². The predicted octanol–water partition coefficient (Wildman–Crippen LogP) is 4.27. The maximum atomic E-state index is 13.2. The van der Waals surface area contributed by atoms with E-state index < -0.39 is 12.6 Å². The van der Waals surface area contributed by atoms with Gasteiger partial charge in [0.15, 0.2) is 0 Å². The van der Waals surface area contributed by atoms with Crippen LogP contribution in [0.2, 0.25) is 0 Å². The highest BCUT2D eigenvalue weighted by molar-refractivity contribution is 6.01. The van der Waals surface area contributed by atoms with Gasteiger partial charge in [-0.15, -0.1) is 0 Å². The van der Waals surface area contributed by atoms with Crippen LogP contribution in [0.3, 0.4) is 0 Å². The molecular formula is C25H22FN3O4. The van der Waals surface area contributed by atoms with Crippen LogP contribution in [-0.2, 0) is 11.2 Å². The van der Waals surface area contributed by atoms with E-state index in [1.807, 2.05) is 0 Å². The number of nitrogens with zero attached hydrogens (tertiary/aromatic N) is 3. The Kier molecular flexibility index (Phi) is 6.19. The number of fused-ring (bicyclic) bond motifs is 1. The van der Waals surface area contributed by atoms with Crippen LogP contribution in [0.15, 0.2) is 66.7 Å². The molecule has 168 valence electrons. The van der Waals surface area contributed by atoms with Crippen LogP contribution >= 0.6 is 0 Å². The number of urea groups is 1. The van der Waals surface area contributed by atoms with Gasteiger partial charge in [0.25, 0.3) is 5.91 Å². The van der Waals surface area contributed by atoms with Crippen molar-refractivity contribution in [2.45, 2.75) is 6.42 Å². The molecular weight excluding hydrogens is 425 g/mol. The van der Waals surface area contributed by atoms with Crippen molar-refractivity contribution in [3.05, 3.63) is 83.7 Å². The molecule has 0 bridgehead atoms. The second-order valence-corrected chi connectivity index (χ2v) is 7.74. The second kappa shape index (κ2) is 9.22. The van der Waals surface area contributed by atoms with Crippen molar-refractivity contribution in [3.8, 4) is 11.1 Å². The van der Waals surface area contributed by atoms with Crippen LogP contribution in [0.1, 0.15) is 15.9 Å². The Morgan fingerprint density at radius 1 is 1.03 bits per heavy atom. The molecule has 0 fully saturated rings. The molecule has 0 atom stereocenters. The number of hydroxylamine groups is 2. The van der Waals surface area contributed by atoms with Gasteiger partial charge in [0.1, 0.15) is 18.6 Å². The lowest BCUT2D eigenvalue weighted by atomic mass is 9.98. The summed E-state index contributed by atoms with van der Waals surface area (Å²) in [6, 6.07) is 17.2. The summed E-state index contributed by atoms with van der Waals surface area (Å²) < 4.78 is 13.2. The van der Waals surface area contributed by atoms with Gasteiger partial charge in [0, 0.05) is 19.2 Å². The van der Waals surface area contributed by atoms with Gasteiger partial charge in [0.05, 0.1) is 11.4 Å². The lowest BCUT2D eigenvalue weighted by Gasteiger charge is -2.29. The molecule has 1 N–H and O–H groups in total. The van der Waals surface area contributed by atoms with Crippen molar-refractivity contribution >= 4 is 29.6 Å². The first-order valence-electron chi connectivity index (χ1n) is 10.4. The third-order valence-electron chi connectivity index (χ3n) is 5.60. The second-order valence-electron chi connectivity index (χ2n) is 7.74. The molecule has 0 radical (unpaired) electrons. The average Bonchev–Trinajstić information content (AvgIpc) is 2.83. The van der Waals surface area contributed by atoms with Crippen molar-refractivity contribution in [3.63, 3.8) is 0 Å². The summed E-state index contributed by atoms with van der Waals surface area (Å²) in [5.74, 6) is -0.420. The molecule has 3 amide bonds. The van der Waals surface area contributed by atoms with Crippen molar-refractivity contribution in [2.75, 3.05) is 25.0 Å². The van der Waals surface area contributed by atoms with E-state index in [2.05, 4.69) is 0 Å². The van der Waals surface area contributed by atoms with E-state index in [-0.39, 0.29) is 11.7 Å². The van der Waals surface area contributed by atoms with E-state index in [0.29, 0.717) is 41.3 Å². The van der Waals surface area contributed by atoms with Crippen LogP contribution in [0.4, 0.5) is 20.6 Å². The average molecular weight is 447 g/mol. The number of rotatable bonds is 5. The van der Waals surface area contributed by atoms with Gasteiger partial charge in [-0.05, 0) is 65.6 Å². The lowest BCUT2D eigenvalue weighted by Crippen LogP contribution is -2.40. The van der Waals surface area contributed by atoms with E-state index in [1.165, 1.54) is 17.0 Å². The maximum Gasteiger partial charge on any atom is 0.353 e. The summed E-state index contributed by atoms with van der Waals surface area (Å²) in [5.41, 5.74) is 3.91. The van der Waals surface area contributed by atoms with Gasteiger partial charge in [-0.2, -0.15) is 5.06 Å². The summed E-state index contributed by atoms with van der Waals surface area (Å²) in [4.78, 5) is 39.2. The topological polar surface area (TPSA) is 81.2 Å². The van der Waals surface area contributed by atoms with Crippen LogP contribution < -0.4 is 4.90 Å². The number of hydrogen-bond acceptors (Lipinski definition) is 4. The third kappa shape index (κ3) is 4.47. The number of benzene rings is 3. The maximum absolute atomic E-state index is 13.2. The molecule has 0 saturated heterocycles. The van der Waals surface area contributed by atoms with Gasteiger partial charge in [-0.25, -0.2) is 9.18 Å². The molecule has 0 saturated carbocycles. The molecule has 3 aromatic carbocycles. The fourth-order valence-electron chi connectivity index (χ4n) is 3.81. The molecule has 1 heterocycles. The molecule has 4 rings (SSSR count). The monoisotopic (exact) mass is 447 g/mol. The van der Waals surface area contributed by atoms with Crippen LogP contribution in [0.25, 0.3) is 11.1 Å². The van der Waals surface area contributed by atoms with Crippen LogP contribution in [0.5, 0.6) is 0 Å². The molecule has 0 unspecified atom stereocenters. The van der Waals surface area contributed by atoms with E-state index in [4.69, 9.17) is 0 Å². The first-order valence-corrected chi connectivity index (χ1v) is 10.4. The summed E-state index contributed by atoms with van der Waals surface area (Å²) in [6.07, 6.45) is 1.06. The predicted molar refractivity (Wildman–Crippen MR) is 121 cm³/mol. The highest BCUT2D eigenvalue weighted by Crippen LogP contribution is 2.32. The largest absolute Gasteiger partial charge is 0.353 e. The number of anilines is 2. The summed E-state index contributed by atoms with van der Waals surface area (Å²) >= 11 is 0. The standard InChI is InChI=1S/C25H22FN3O4/c1-27-13-12-19-16-22(10-11-23(19)24(27)31)29(25(32)28(33)14-15-30)21-8-4-18(5-9-21)17-2-6-20(26)7-3-17/h2-11,15-16,33H,12-14H2,1H3. The number of hydrogen-bond donors (Lipinski definition) is 1. The minimum Gasteiger partial charge on any atom is -0.341 e. The molecule has 1 aliphatic heterocycles. The normalized spacial score (nSPS) is 12.8. The van der Waals surface area contributed by atoms with Gasteiger partial charge < -0.3 is 9.69 Å². The molecule has 33 heavy (non-hydrogen) atoms. The fourth-order valence-corrected chi connectivity index (χ4v) is 3.81. The highest BCUT2D eigenvalue weighted by Gasteiger charge is 2.27. The smallest absolute Gasteiger partial charge is 0.341 e. The minimum absolute atomic E-state index is 0.0888. The van der Waals surface area contributed by atoms with Crippen molar-refractivity contribution in [1.82, 2.24) is 9.96 Å². The SMILES string of the molecule is CN1CCc2cc(N(C(=O)N(O)CC=O)c3ccc(-c4ccc(F)cc4)cc3)ccc2C1=O. The summed E-state index contributed by atoms with van der Waals surface area (Å²) in [6.45, 7) is 0.0735. The van der Waals surface area contributed by atoms with Crippen LogP contribution in [0, 0.1) is 5.82 Å². The van der Waals surface area contributed by atoms with E-state index in [1.54, 1.807) is 66.5 Å². The first kappa shape index (κ1) is 22.2. The first-order chi connectivity index (χ1) is 15.9. The van der Waals surface area contributed by atoms with Gasteiger partial charge in [0.2, 0.25) is 0 Å². The number of halogens is 1. The molecule has 0 spiro atoms. The van der Waals surface area contributed by atoms with Gasteiger partial charge >= 0.3 is 6.03 Å². The molecule has 8 heteroatoms. The Bertz CT molecular complexity index is 1200. The molecule has 3 aromatic rings. The fraction of sp³-hybridized carbons (Fsp3) is 0.160. The Morgan fingerprint density at radius 2 is 1.64 bits per heavy atom. The third-order valence-corrected chi connectivity index (χ3v) is 5.60. The highest BCUT2D eigenvalue weighted by atomic mass is 19.1.